The Morgan fingerprint density at radius 3 is 1.14 bits per heavy atom. The normalized spacial score (nSPS) is 23.5. The van der Waals surface area contributed by atoms with E-state index >= 15 is 0 Å². The van der Waals surface area contributed by atoms with Crippen LogP contribution in [0.1, 0.15) is 243 Å². The smallest absolute Gasteiger partial charge is 0.316 e. The topological polar surface area (TPSA) is 503 Å². The molecule has 0 aromatic heterocycles. The van der Waals surface area contributed by atoms with Gasteiger partial charge in [0, 0.05) is 66.0 Å². The maximum atomic E-state index is 14.3. The number of nitrogens with zero attached hydrogens (tertiary/aromatic N) is 5. The number of fused-ring (bicyclic) bond motifs is 3. The molecule has 786 valence electrons. The van der Waals surface area contributed by atoms with Crippen molar-refractivity contribution in [2.24, 2.45) is 102 Å². The molecule has 0 bridgehead atoms. The number of piperidine rings is 3. The number of nitrogens with two attached hydrogens (primary N) is 1. The molecule has 3 unspecified atom stereocenters. The van der Waals surface area contributed by atoms with Crippen LogP contribution in [0.3, 0.4) is 0 Å². The number of morpholine rings is 1. The molecule has 1 aromatic rings. The summed E-state index contributed by atoms with van der Waals surface area (Å²) in [5.74, 6) is -8.32. The summed E-state index contributed by atoms with van der Waals surface area (Å²) in [6.07, 6.45) is 9.91. The van der Waals surface area contributed by atoms with Crippen LogP contribution in [-0.2, 0) is 83.2 Å². The SMILES string of the molecule is C=CCNC(=O)C(=O)C(CCC)NC(=O)[C@@H]1[C@@H]2[C@H](CN1C(=O)[C@@H](NC(=O)N[C@H](C(=O)N(C)CC1CC1)C(C)(C)C)C(C)(C)C)C2(C)C.C=CCNC(=O)C(=O)C(CCC)NC(=O)[C@@H]1[C@@H]2[C@H](CN1C(=O)[C@@H](NC(=O)N[C@H](C(=O)N1CCOCC1)C(C)C)C(C)(C)C)C2(C)C.CC(C)(C)[C@H](NC(=O)N[C@H](C(=O)N1C[C@H]2[C@@H]([C@H]1C(=O)NC(CC1CCC1)C(=O)C(N)=O)C2(C)C)C(C)(C)C)C(=O)NCc1ccccc1. The molecule has 0 radical (unpaired) electrons. The van der Waals surface area contributed by atoms with E-state index in [0.29, 0.717) is 84.2 Å². The van der Waals surface area contributed by atoms with E-state index in [1.54, 1.807) is 16.8 Å². The van der Waals surface area contributed by atoms with E-state index in [9.17, 15) is 86.3 Å². The molecule has 37 nitrogen and oxygen atoms in total. The monoisotopic (exact) mass is 1970 g/mol. The van der Waals surface area contributed by atoms with E-state index in [4.69, 9.17) is 10.5 Å². The van der Waals surface area contributed by atoms with Gasteiger partial charge in [-0.2, -0.15) is 0 Å². The Labute approximate surface area is 834 Å². The number of hydrogen-bond donors (Lipinski definition) is 13. The first kappa shape index (κ1) is 115. The first-order chi connectivity index (χ1) is 65.4. The number of hydrogen-bond acceptors (Lipinski definition) is 19. The molecule has 18 atom stereocenters. The number of ether oxygens (including phenoxy) is 1. The van der Waals surface area contributed by atoms with Gasteiger partial charge in [-0.05, 0) is 134 Å². The number of likely N-dealkylation sites (N-methyl/N-ethyl adjacent to an activating group) is 1. The van der Waals surface area contributed by atoms with Crippen LogP contribution < -0.4 is 69.5 Å². The minimum Gasteiger partial charge on any atom is -0.378 e. The van der Waals surface area contributed by atoms with E-state index < -0.39 is 188 Å². The third kappa shape index (κ3) is 28.8. The minimum atomic E-state index is -1.10. The number of benzene rings is 1. The lowest BCUT2D eigenvalue weighted by Gasteiger charge is -2.39. The molecule has 4 saturated heterocycles. The number of amides is 18. The van der Waals surface area contributed by atoms with Crippen LogP contribution in [0.25, 0.3) is 0 Å². The summed E-state index contributed by atoms with van der Waals surface area (Å²) in [5.41, 5.74) is 2.16. The van der Waals surface area contributed by atoms with Crippen LogP contribution in [-0.4, -0.2) is 276 Å². The van der Waals surface area contributed by atoms with E-state index in [1.807, 2.05) is 190 Å². The van der Waals surface area contributed by atoms with Crippen molar-refractivity contribution in [3.63, 3.8) is 0 Å². The number of Topliss-reactive ketones (excluding diaryl/α,β-unsaturated/α-hetero) is 3. The molecule has 141 heavy (non-hydrogen) atoms. The second-order valence-electron chi connectivity index (χ2n) is 47.8. The number of rotatable bonds is 39. The Balaban J connectivity index is 0.000000259. The van der Waals surface area contributed by atoms with Gasteiger partial charge in [0.25, 0.3) is 17.7 Å². The van der Waals surface area contributed by atoms with E-state index in [2.05, 4.69) is 90.8 Å². The summed E-state index contributed by atoms with van der Waals surface area (Å²) >= 11 is 0. The molecule has 4 aliphatic heterocycles. The fourth-order valence-corrected chi connectivity index (χ4v) is 20.7. The van der Waals surface area contributed by atoms with Gasteiger partial charge in [-0.1, -0.05) is 248 Å². The van der Waals surface area contributed by atoms with Crippen molar-refractivity contribution in [2.75, 3.05) is 72.6 Å². The minimum absolute atomic E-state index is 0.0575. The van der Waals surface area contributed by atoms with Crippen molar-refractivity contribution < 1.29 is 91.0 Å². The lowest BCUT2D eigenvalue weighted by Crippen LogP contribution is -2.63. The highest BCUT2D eigenvalue weighted by Gasteiger charge is 2.73. The van der Waals surface area contributed by atoms with Crippen LogP contribution in [0, 0.1) is 96.6 Å². The zero-order valence-corrected chi connectivity index (χ0v) is 88.5. The molecule has 9 fully saturated rings. The third-order valence-corrected chi connectivity index (χ3v) is 30.0. The van der Waals surface area contributed by atoms with Gasteiger partial charge in [-0.15, -0.1) is 13.2 Å². The molecule has 9 aliphatic rings. The van der Waals surface area contributed by atoms with E-state index in [-0.39, 0.29) is 107 Å². The Bertz CT molecular complexity index is 4770. The molecule has 5 aliphatic carbocycles. The van der Waals surface area contributed by atoms with E-state index in [0.717, 1.165) is 37.7 Å². The Kier molecular flexibility index (Phi) is 38.2. The summed E-state index contributed by atoms with van der Waals surface area (Å²) in [6.45, 7) is 58.3. The predicted octanol–water partition coefficient (Wildman–Crippen LogP) is 6.49. The van der Waals surface area contributed by atoms with Crippen LogP contribution in [0.15, 0.2) is 55.6 Å². The van der Waals surface area contributed by atoms with Crippen molar-refractivity contribution in [1.29, 1.82) is 0 Å². The molecule has 0 spiro atoms. The first-order valence-electron chi connectivity index (χ1n) is 50.5. The average molecular weight is 1970 g/mol. The Morgan fingerprint density at radius 2 is 0.816 bits per heavy atom. The molecule has 1 aromatic carbocycles. The van der Waals surface area contributed by atoms with Gasteiger partial charge in [0.05, 0.1) is 31.3 Å². The Morgan fingerprint density at radius 1 is 0.461 bits per heavy atom. The highest BCUT2D eigenvalue weighted by atomic mass is 16.5. The molecule has 14 N–H and O–H groups in total. The number of ketones is 3. The lowest BCUT2D eigenvalue weighted by atomic mass is 9.80. The van der Waals surface area contributed by atoms with Gasteiger partial charge < -0.3 is 98.8 Å². The quantitative estimate of drug-likeness (QED) is 0.0247. The maximum absolute atomic E-state index is 14.3. The van der Waals surface area contributed by atoms with Crippen molar-refractivity contribution in [3.05, 3.63) is 61.2 Å². The predicted molar refractivity (Wildman–Crippen MR) is 533 cm³/mol. The summed E-state index contributed by atoms with van der Waals surface area (Å²) in [5, 5.41) is 33.1. The summed E-state index contributed by atoms with van der Waals surface area (Å²) in [7, 11) is 1.75. The van der Waals surface area contributed by atoms with Gasteiger partial charge in [-0.3, -0.25) is 71.9 Å². The lowest BCUT2D eigenvalue weighted by molar-refractivity contribution is -0.145. The summed E-state index contributed by atoms with van der Waals surface area (Å²) < 4.78 is 5.35. The second kappa shape index (κ2) is 46.7. The van der Waals surface area contributed by atoms with Gasteiger partial charge in [0.15, 0.2) is 0 Å². The van der Waals surface area contributed by atoms with Gasteiger partial charge in [-0.25, -0.2) is 14.4 Å². The van der Waals surface area contributed by atoms with Crippen molar-refractivity contribution in [2.45, 2.75) is 316 Å². The highest BCUT2D eigenvalue weighted by molar-refractivity contribution is 6.39. The van der Waals surface area contributed by atoms with E-state index in [1.165, 1.54) is 26.9 Å². The number of carbonyl (C=O) groups excluding carboxylic acids is 18. The summed E-state index contributed by atoms with van der Waals surface area (Å²) in [4.78, 5) is 248. The standard InChI is InChI=1S/C36H54N6O6.C35H58N6O6.C33H54N6O7/c1-34(2,3)27(31(46)38-18-21-13-10-9-11-14-21)40-33(48)41-28(35(4,5)6)32(47)42-19-22-24(36(22,7)8)25(42)30(45)39-23(26(43)29(37)44)17-20-15-12-16-20;1-12-14-22(25(42)29(44)36-17-13-2)37-28(43)24-23-21(35(23,9)10)19-41(24)31(46)27(34(6,7)8)39-32(47)38-26(33(3,4)5)30(45)40(11)18-20-15-16-20;1-10-12-21(25(40)28(42)34-13-11-2)35-27(41)24-22-20(33(22,8)9)18-39(24)30(44)26(32(5,6)7)37-31(45)36-23(19(3)4)29(43)38-14-16-46-17-15-38/h9-11,13-14,20,22-25,27-28H,12,15-19H2,1-8H3,(H2,37,44)(H,38,46)(H,39,45)(H2,40,41,48);13,20-24,26-27H,2,12,14-19H2,1,3-11H3,(H,36,44)(H,37,43)(H2,38,39,47);11,19-24,26H,2,10,12-18H2,1,3-9H3,(H,34,42)(H,35,41)(H2,36,37,45)/t22-,23?,24-,25-,27+,28+;21-,22?,23-,24-,26+,27+;20-,21?,22-,23-,24-,26+/m000/s1. The third-order valence-electron chi connectivity index (χ3n) is 30.0. The van der Waals surface area contributed by atoms with Gasteiger partial charge in [0.1, 0.15) is 54.4 Å². The fourth-order valence-electron chi connectivity index (χ4n) is 20.7. The molecular formula is C104H166N18O19. The Hall–Kier alpha value is -10.9. The molecule has 37 heteroatoms. The number of carbonyl (C=O) groups is 18. The highest BCUT2D eigenvalue weighted by Crippen LogP contribution is 2.67. The van der Waals surface area contributed by atoms with Gasteiger partial charge in [0.2, 0.25) is 70.5 Å². The molecule has 4 heterocycles. The van der Waals surface area contributed by atoms with Crippen LogP contribution in [0.4, 0.5) is 14.4 Å². The van der Waals surface area contributed by atoms with Crippen molar-refractivity contribution in [3.8, 4) is 0 Å². The largest absolute Gasteiger partial charge is 0.378 e. The van der Waals surface area contributed by atoms with Gasteiger partial charge >= 0.3 is 18.1 Å². The fraction of sp³-hybridized carbons (Fsp3) is 0.731. The molecular weight excluding hydrogens is 1810 g/mol. The average Bonchev–Trinajstić information content (AvgIpc) is 1.53. The van der Waals surface area contributed by atoms with Crippen LogP contribution >= 0.6 is 0 Å². The zero-order chi connectivity index (χ0) is 106. The van der Waals surface area contributed by atoms with Crippen LogP contribution in [0.5, 0.6) is 0 Å². The van der Waals surface area contributed by atoms with Crippen molar-refractivity contribution in [1.82, 2.24) is 88.3 Å². The molecule has 5 saturated carbocycles. The zero-order valence-electron chi connectivity index (χ0n) is 88.5. The first-order valence-corrected chi connectivity index (χ1v) is 50.5. The van der Waals surface area contributed by atoms with Crippen molar-refractivity contribution >= 4 is 106 Å². The number of likely N-dealkylation sites (tertiary alicyclic amines) is 3. The number of urea groups is 3. The molecule has 18 amide bonds. The number of primary amides is 1. The maximum Gasteiger partial charge on any atom is 0.316 e. The summed E-state index contributed by atoms with van der Waals surface area (Å²) in [6, 6.07) is -3.93. The van der Waals surface area contributed by atoms with Crippen LogP contribution in [0.2, 0.25) is 0 Å². The second-order valence-corrected chi connectivity index (χ2v) is 47.8. The molecule has 10 rings (SSSR count). The number of nitrogens with one attached hydrogen (secondary N) is 12.